The third-order valence-electron chi connectivity index (χ3n) is 5.58. The highest BCUT2D eigenvalue weighted by Gasteiger charge is 2.23. The molecule has 3 aromatic rings. The Morgan fingerprint density at radius 2 is 1.50 bits per heavy atom. The molecule has 0 aliphatic heterocycles. The smallest absolute Gasteiger partial charge is 0.328 e. The molecule has 36 heavy (non-hydrogen) atoms. The van der Waals surface area contributed by atoms with Crippen molar-refractivity contribution >= 4 is 24.3 Å². The molecule has 0 heterocycles. The van der Waals surface area contributed by atoms with Gasteiger partial charge >= 0.3 is 5.97 Å². The van der Waals surface area contributed by atoms with Crippen molar-refractivity contribution in [3.8, 4) is 16.9 Å². The number of hydrogen-bond acceptors (Lipinski definition) is 5. The quantitative estimate of drug-likeness (QED) is 0.248. The molecule has 3 aromatic carbocycles. The van der Waals surface area contributed by atoms with Crippen molar-refractivity contribution in [2.24, 2.45) is 0 Å². The Morgan fingerprint density at radius 1 is 0.861 bits per heavy atom. The van der Waals surface area contributed by atoms with Crippen LogP contribution in [-0.2, 0) is 16.0 Å². The number of benzene rings is 3. The molecule has 0 aliphatic rings. The molecule has 0 fully saturated rings. The topological polar surface area (TPSA) is 76.7 Å². The van der Waals surface area contributed by atoms with E-state index in [1.807, 2.05) is 73.8 Å². The number of ether oxygens (including phenoxy) is 2. The van der Waals surface area contributed by atoms with Gasteiger partial charge in [-0.25, -0.2) is 4.79 Å². The SMILES string of the molecule is CCOC(=O)[C@H](Cc1ccccc1)NC(=O)c1ccc(-c2ccc(OCCCCNC)cc2)cc1.Cl. The lowest BCUT2D eigenvalue weighted by Crippen LogP contribution is -2.43. The second-order valence-electron chi connectivity index (χ2n) is 8.23. The lowest BCUT2D eigenvalue weighted by atomic mass is 10.0. The Kier molecular flexibility index (Phi) is 12.5. The molecule has 6 nitrogen and oxygen atoms in total. The van der Waals surface area contributed by atoms with Gasteiger partial charge in [0.2, 0.25) is 0 Å². The van der Waals surface area contributed by atoms with Crippen LogP contribution in [0.25, 0.3) is 11.1 Å². The fourth-order valence-electron chi connectivity index (χ4n) is 3.68. The zero-order valence-corrected chi connectivity index (χ0v) is 21.7. The first-order valence-corrected chi connectivity index (χ1v) is 12.1. The van der Waals surface area contributed by atoms with E-state index in [0.29, 0.717) is 18.6 Å². The molecule has 0 aliphatic carbocycles. The van der Waals surface area contributed by atoms with Gasteiger partial charge in [-0.05, 0) is 74.3 Å². The predicted octanol–water partition coefficient (Wildman–Crippen LogP) is 5.06. The summed E-state index contributed by atoms with van der Waals surface area (Å²) >= 11 is 0. The number of halogens is 1. The minimum absolute atomic E-state index is 0. The van der Waals surface area contributed by atoms with E-state index in [4.69, 9.17) is 9.47 Å². The van der Waals surface area contributed by atoms with Gasteiger partial charge in [0.05, 0.1) is 13.2 Å². The van der Waals surface area contributed by atoms with Gasteiger partial charge in [0.25, 0.3) is 5.91 Å². The zero-order valence-electron chi connectivity index (χ0n) is 20.9. The van der Waals surface area contributed by atoms with E-state index >= 15 is 0 Å². The summed E-state index contributed by atoms with van der Waals surface area (Å²) in [5, 5.41) is 5.96. The fourth-order valence-corrected chi connectivity index (χ4v) is 3.68. The maximum absolute atomic E-state index is 12.9. The van der Waals surface area contributed by atoms with Gasteiger partial charge in [0, 0.05) is 12.0 Å². The second kappa shape index (κ2) is 15.6. The monoisotopic (exact) mass is 510 g/mol. The van der Waals surface area contributed by atoms with Crippen LogP contribution in [0.15, 0.2) is 78.9 Å². The van der Waals surface area contributed by atoms with Gasteiger partial charge in [-0.1, -0.05) is 54.6 Å². The molecule has 0 radical (unpaired) electrons. The third-order valence-corrected chi connectivity index (χ3v) is 5.58. The Morgan fingerprint density at radius 3 is 2.11 bits per heavy atom. The lowest BCUT2D eigenvalue weighted by Gasteiger charge is -2.17. The predicted molar refractivity (Wildman–Crippen MR) is 146 cm³/mol. The summed E-state index contributed by atoms with van der Waals surface area (Å²) in [5.41, 5.74) is 3.46. The molecule has 0 saturated heterocycles. The van der Waals surface area contributed by atoms with E-state index in [2.05, 4.69) is 10.6 Å². The number of hydrogen-bond donors (Lipinski definition) is 2. The number of nitrogens with one attached hydrogen (secondary N) is 2. The molecule has 192 valence electrons. The maximum Gasteiger partial charge on any atom is 0.328 e. The van der Waals surface area contributed by atoms with Gasteiger partial charge < -0.3 is 20.1 Å². The third kappa shape index (κ3) is 9.02. The van der Waals surface area contributed by atoms with Crippen molar-refractivity contribution in [2.75, 3.05) is 26.8 Å². The summed E-state index contributed by atoms with van der Waals surface area (Å²) < 4.78 is 11.0. The largest absolute Gasteiger partial charge is 0.494 e. The summed E-state index contributed by atoms with van der Waals surface area (Å²) in [6.45, 7) is 3.70. The molecule has 0 bridgehead atoms. The van der Waals surface area contributed by atoms with Gasteiger partial charge in [-0.15, -0.1) is 12.4 Å². The van der Waals surface area contributed by atoms with E-state index in [9.17, 15) is 9.59 Å². The first kappa shape index (κ1) is 28.9. The van der Waals surface area contributed by atoms with E-state index in [0.717, 1.165) is 41.8 Å². The summed E-state index contributed by atoms with van der Waals surface area (Å²) in [5.74, 6) is 0.0934. The Labute approximate surface area is 219 Å². The molecule has 0 aromatic heterocycles. The van der Waals surface area contributed by atoms with Crippen molar-refractivity contribution in [1.82, 2.24) is 10.6 Å². The van der Waals surface area contributed by atoms with Gasteiger partial charge in [0.1, 0.15) is 11.8 Å². The molecule has 0 unspecified atom stereocenters. The number of carbonyl (C=O) groups is 2. The van der Waals surface area contributed by atoms with E-state index < -0.39 is 12.0 Å². The minimum Gasteiger partial charge on any atom is -0.494 e. The standard InChI is InChI=1S/C29H34N2O4.ClH/c1-3-34-29(33)27(21-22-9-5-4-6-10-22)31-28(32)25-13-11-23(12-14-25)24-15-17-26(18-16-24)35-20-8-7-19-30-2;/h4-6,9-18,27,30H,3,7-8,19-21H2,1-2H3,(H,31,32);1H/t27-;/m0./s1. The van der Waals surface area contributed by atoms with Crippen molar-refractivity contribution in [2.45, 2.75) is 32.2 Å². The highest BCUT2D eigenvalue weighted by atomic mass is 35.5. The average molecular weight is 511 g/mol. The Hall–Kier alpha value is -3.35. The fraction of sp³-hybridized carbons (Fsp3) is 0.310. The molecule has 7 heteroatoms. The van der Waals surface area contributed by atoms with Crippen molar-refractivity contribution in [3.05, 3.63) is 90.0 Å². The first-order chi connectivity index (χ1) is 17.1. The van der Waals surface area contributed by atoms with Crippen molar-refractivity contribution in [3.63, 3.8) is 0 Å². The maximum atomic E-state index is 12.9. The van der Waals surface area contributed by atoms with Gasteiger partial charge in [-0.2, -0.15) is 0 Å². The van der Waals surface area contributed by atoms with Crippen LogP contribution in [0.3, 0.4) is 0 Å². The summed E-state index contributed by atoms with van der Waals surface area (Å²) in [6.07, 6.45) is 2.46. The summed E-state index contributed by atoms with van der Waals surface area (Å²) in [4.78, 5) is 25.3. The summed E-state index contributed by atoms with van der Waals surface area (Å²) in [6, 6.07) is 24.1. The molecule has 3 rings (SSSR count). The molecule has 1 atom stereocenters. The zero-order chi connectivity index (χ0) is 24.9. The molecular formula is C29H35ClN2O4. The van der Waals surface area contributed by atoms with E-state index in [1.54, 1.807) is 19.1 Å². The average Bonchev–Trinajstić information content (AvgIpc) is 2.89. The number of carbonyl (C=O) groups excluding carboxylic acids is 2. The van der Waals surface area contributed by atoms with Crippen LogP contribution in [0.1, 0.15) is 35.7 Å². The highest BCUT2D eigenvalue weighted by molar-refractivity contribution is 5.97. The highest BCUT2D eigenvalue weighted by Crippen LogP contribution is 2.23. The van der Waals surface area contributed by atoms with Gasteiger partial charge in [-0.3, -0.25) is 4.79 Å². The first-order valence-electron chi connectivity index (χ1n) is 12.1. The number of rotatable bonds is 13. The molecule has 0 saturated carbocycles. The number of esters is 1. The Bertz CT molecular complexity index is 1060. The Balaban J connectivity index is 0.00000456. The second-order valence-corrected chi connectivity index (χ2v) is 8.23. The van der Waals surface area contributed by atoms with E-state index in [1.165, 1.54) is 0 Å². The van der Waals surface area contributed by atoms with Crippen LogP contribution >= 0.6 is 12.4 Å². The molecule has 2 N–H and O–H groups in total. The van der Waals surface area contributed by atoms with Crippen LogP contribution in [0.2, 0.25) is 0 Å². The molecular weight excluding hydrogens is 476 g/mol. The normalized spacial score (nSPS) is 11.2. The molecule has 1 amide bonds. The van der Waals surface area contributed by atoms with E-state index in [-0.39, 0.29) is 24.9 Å². The van der Waals surface area contributed by atoms with Crippen LogP contribution in [0, 0.1) is 0 Å². The van der Waals surface area contributed by atoms with Crippen molar-refractivity contribution in [1.29, 1.82) is 0 Å². The van der Waals surface area contributed by atoms with Crippen molar-refractivity contribution < 1.29 is 19.1 Å². The van der Waals surface area contributed by atoms with Crippen LogP contribution in [0.4, 0.5) is 0 Å². The van der Waals surface area contributed by atoms with Crippen LogP contribution in [-0.4, -0.2) is 44.7 Å². The number of unbranched alkanes of at least 4 members (excludes halogenated alkanes) is 1. The van der Waals surface area contributed by atoms with Crippen LogP contribution < -0.4 is 15.4 Å². The number of amides is 1. The van der Waals surface area contributed by atoms with Crippen LogP contribution in [0.5, 0.6) is 5.75 Å². The lowest BCUT2D eigenvalue weighted by molar-refractivity contribution is -0.145. The minimum atomic E-state index is -0.754. The summed E-state index contributed by atoms with van der Waals surface area (Å²) in [7, 11) is 1.95. The molecule has 0 spiro atoms. The van der Waals surface area contributed by atoms with Gasteiger partial charge in [0.15, 0.2) is 0 Å².